The zero-order valence-electron chi connectivity index (χ0n) is 18.8. The van der Waals surface area contributed by atoms with E-state index < -0.39 is 42.2 Å². The molecule has 0 saturated heterocycles. The first-order chi connectivity index (χ1) is 15.5. The highest BCUT2D eigenvalue weighted by Crippen LogP contribution is 2.05. The first-order valence-corrected chi connectivity index (χ1v) is 10.4. The van der Waals surface area contributed by atoms with E-state index in [0.717, 1.165) is 0 Å². The van der Waals surface area contributed by atoms with Gasteiger partial charge < -0.3 is 26.0 Å². The van der Waals surface area contributed by atoms with Crippen LogP contribution < -0.4 is 21.4 Å². The first-order valence-electron chi connectivity index (χ1n) is 10.4. The number of carbonyl (C=O) groups is 4. The number of hydrogen-bond donors (Lipinski definition) is 5. The largest absolute Gasteiger partial charge is 0.488 e. The summed E-state index contributed by atoms with van der Waals surface area (Å²) in [5, 5.41) is 26.3. The fourth-order valence-corrected chi connectivity index (χ4v) is 2.98. The van der Waals surface area contributed by atoms with Gasteiger partial charge in [0, 0.05) is 17.6 Å². The molecule has 0 spiro atoms. The molecule has 0 saturated carbocycles. The zero-order valence-corrected chi connectivity index (χ0v) is 18.8. The highest BCUT2D eigenvalue weighted by molar-refractivity contribution is 6.58. The minimum Gasteiger partial charge on any atom is -0.423 e. The van der Waals surface area contributed by atoms with Crippen molar-refractivity contribution in [1.29, 1.82) is 0 Å². The Morgan fingerprint density at radius 3 is 2.24 bits per heavy atom. The van der Waals surface area contributed by atoms with Gasteiger partial charge in [0.1, 0.15) is 6.04 Å². The molecule has 0 heterocycles. The second kappa shape index (κ2) is 11.4. The van der Waals surface area contributed by atoms with E-state index in [1.165, 1.54) is 24.3 Å². The number of benzene rings is 2. The number of nitrogens with one attached hydrogen (secondary N) is 3. The smallest absolute Gasteiger partial charge is 0.423 e. The molecule has 2 aromatic carbocycles. The van der Waals surface area contributed by atoms with Gasteiger partial charge in [-0.3, -0.25) is 19.2 Å². The molecule has 0 aliphatic rings. The van der Waals surface area contributed by atoms with Crippen LogP contribution in [-0.2, 0) is 20.9 Å². The van der Waals surface area contributed by atoms with Gasteiger partial charge in [0.15, 0.2) is 0 Å². The summed E-state index contributed by atoms with van der Waals surface area (Å²) in [5.41, 5.74) is 0.448. The Morgan fingerprint density at radius 1 is 0.970 bits per heavy atom. The molecule has 174 valence electrons. The molecule has 0 aromatic heterocycles. The average Bonchev–Trinajstić information content (AvgIpc) is 2.75. The van der Waals surface area contributed by atoms with Crippen LogP contribution in [0.5, 0.6) is 0 Å². The minimum atomic E-state index is -1.65. The number of amides is 3. The molecule has 0 aliphatic carbocycles. The number of carbonyl (C=O) groups excluding carboxylic acids is 4. The second-order valence-electron chi connectivity index (χ2n) is 8.56. The molecule has 0 unspecified atom stereocenters. The van der Waals surface area contributed by atoms with Crippen LogP contribution in [0.15, 0.2) is 54.6 Å². The van der Waals surface area contributed by atoms with E-state index in [2.05, 4.69) is 16.0 Å². The molecule has 0 aliphatic heterocycles. The molecule has 10 heteroatoms. The lowest BCUT2D eigenvalue weighted by atomic mass is 9.79. The molecule has 0 bridgehead atoms. The Kier molecular flexibility index (Phi) is 8.89. The van der Waals surface area contributed by atoms with Crippen LogP contribution in [0.4, 0.5) is 0 Å². The molecule has 33 heavy (non-hydrogen) atoms. The SMILES string of the molecule is CC(C)(C)NC(=O)C[C@H](NC(=O)C(=O)c1ccccc1)C(=O)NCc1cccc(B(O)O)c1. The van der Waals surface area contributed by atoms with Crippen LogP contribution in [0.3, 0.4) is 0 Å². The van der Waals surface area contributed by atoms with Crippen LogP contribution in [0.2, 0.25) is 0 Å². The molecule has 1 atom stereocenters. The van der Waals surface area contributed by atoms with Crippen LogP contribution >= 0.6 is 0 Å². The van der Waals surface area contributed by atoms with E-state index in [1.807, 2.05) is 0 Å². The van der Waals surface area contributed by atoms with Gasteiger partial charge in [0.05, 0.1) is 6.42 Å². The number of rotatable bonds is 9. The molecule has 3 amide bonds. The van der Waals surface area contributed by atoms with Gasteiger partial charge in [0.2, 0.25) is 17.6 Å². The highest BCUT2D eigenvalue weighted by atomic mass is 16.4. The Morgan fingerprint density at radius 2 is 1.64 bits per heavy atom. The molecular formula is C23H28BN3O6. The van der Waals surface area contributed by atoms with E-state index in [0.29, 0.717) is 5.56 Å². The summed E-state index contributed by atoms with van der Waals surface area (Å²) < 4.78 is 0. The molecule has 9 nitrogen and oxygen atoms in total. The van der Waals surface area contributed by atoms with Crippen LogP contribution in [-0.4, -0.2) is 52.3 Å². The van der Waals surface area contributed by atoms with Gasteiger partial charge in [-0.1, -0.05) is 54.6 Å². The van der Waals surface area contributed by atoms with Crippen LogP contribution in [0.25, 0.3) is 0 Å². The second-order valence-corrected chi connectivity index (χ2v) is 8.56. The van der Waals surface area contributed by atoms with Crippen molar-refractivity contribution in [2.75, 3.05) is 0 Å². The monoisotopic (exact) mass is 453 g/mol. The topological polar surface area (TPSA) is 145 Å². The summed E-state index contributed by atoms with van der Waals surface area (Å²) in [7, 11) is -1.65. The lowest BCUT2D eigenvalue weighted by Crippen LogP contribution is -2.52. The van der Waals surface area contributed by atoms with Gasteiger partial charge in [-0.05, 0) is 31.8 Å². The standard InChI is InChI=1S/C23H28BN3O6/c1-23(2,3)27-19(28)13-18(26-22(31)20(29)16-9-5-4-6-10-16)21(30)25-14-15-8-7-11-17(12-15)24(32)33/h4-12,18,32-33H,13-14H2,1-3H3,(H,25,30)(H,26,31)(H,27,28)/t18-/m0/s1. The zero-order chi connectivity index (χ0) is 24.6. The van der Waals surface area contributed by atoms with Crippen molar-refractivity contribution >= 4 is 36.1 Å². The van der Waals surface area contributed by atoms with Gasteiger partial charge in [-0.2, -0.15) is 0 Å². The summed E-state index contributed by atoms with van der Waals surface area (Å²) in [6, 6.07) is 12.9. The summed E-state index contributed by atoms with van der Waals surface area (Å²) in [6.07, 6.45) is -0.369. The third-order valence-electron chi connectivity index (χ3n) is 4.48. The molecule has 5 N–H and O–H groups in total. The van der Waals surface area contributed by atoms with Crippen molar-refractivity contribution in [2.24, 2.45) is 0 Å². The van der Waals surface area contributed by atoms with Crippen molar-refractivity contribution < 1.29 is 29.2 Å². The fraction of sp³-hybridized carbons (Fsp3) is 0.304. The summed E-state index contributed by atoms with van der Waals surface area (Å²) in [5.74, 6) is -2.96. The van der Waals surface area contributed by atoms with E-state index >= 15 is 0 Å². The maximum absolute atomic E-state index is 12.8. The number of ketones is 1. The predicted molar refractivity (Wildman–Crippen MR) is 123 cm³/mol. The van der Waals surface area contributed by atoms with Gasteiger partial charge in [-0.25, -0.2) is 0 Å². The Balaban J connectivity index is 2.12. The lowest BCUT2D eigenvalue weighted by molar-refractivity contribution is -0.131. The highest BCUT2D eigenvalue weighted by Gasteiger charge is 2.28. The minimum absolute atomic E-state index is 0.0132. The van der Waals surface area contributed by atoms with Crippen molar-refractivity contribution in [3.63, 3.8) is 0 Å². The molecule has 0 fully saturated rings. The van der Waals surface area contributed by atoms with Crippen LogP contribution in [0.1, 0.15) is 43.1 Å². The molecule has 2 rings (SSSR count). The van der Waals surface area contributed by atoms with Crippen molar-refractivity contribution in [3.8, 4) is 0 Å². The predicted octanol–water partition coefficient (Wildman–Crippen LogP) is -0.345. The summed E-state index contributed by atoms with van der Waals surface area (Å²) in [6.45, 7) is 5.35. The van der Waals surface area contributed by atoms with Gasteiger partial charge >= 0.3 is 7.12 Å². The molecular weight excluding hydrogens is 425 g/mol. The third kappa shape index (κ3) is 8.51. The van der Waals surface area contributed by atoms with Crippen molar-refractivity contribution in [3.05, 3.63) is 65.7 Å². The maximum Gasteiger partial charge on any atom is 0.488 e. The van der Waals surface area contributed by atoms with Gasteiger partial charge in [-0.15, -0.1) is 0 Å². The quantitative estimate of drug-likeness (QED) is 0.200. The van der Waals surface area contributed by atoms with E-state index in [4.69, 9.17) is 0 Å². The van der Waals surface area contributed by atoms with Gasteiger partial charge in [0.25, 0.3) is 5.91 Å². The van der Waals surface area contributed by atoms with Crippen molar-refractivity contribution in [2.45, 2.75) is 45.3 Å². The third-order valence-corrected chi connectivity index (χ3v) is 4.48. The molecule has 2 aromatic rings. The van der Waals surface area contributed by atoms with E-state index in [9.17, 15) is 29.2 Å². The van der Waals surface area contributed by atoms with E-state index in [1.54, 1.807) is 51.1 Å². The normalized spacial score (nSPS) is 11.8. The Labute approximate surface area is 192 Å². The number of Topliss-reactive ketones (excluding diaryl/α,β-unsaturated/α-hetero) is 1. The van der Waals surface area contributed by atoms with Crippen molar-refractivity contribution in [1.82, 2.24) is 16.0 Å². The average molecular weight is 453 g/mol. The first kappa shape index (κ1) is 25.8. The Hall–Kier alpha value is -3.50. The Bertz CT molecular complexity index is 1000. The van der Waals surface area contributed by atoms with E-state index in [-0.39, 0.29) is 24.0 Å². The summed E-state index contributed by atoms with van der Waals surface area (Å²) in [4.78, 5) is 50.1. The lowest BCUT2D eigenvalue weighted by Gasteiger charge is -2.23. The maximum atomic E-state index is 12.8. The fourth-order valence-electron chi connectivity index (χ4n) is 2.98. The summed E-state index contributed by atoms with van der Waals surface area (Å²) >= 11 is 0. The number of hydrogen-bond acceptors (Lipinski definition) is 6. The van der Waals surface area contributed by atoms with Crippen LogP contribution in [0, 0.1) is 0 Å². The molecule has 0 radical (unpaired) electrons.